The van der Waals surface area contributed by atoms with Gasteiger partial charge < -0.3 is 15.7 Å². The van der Waals surface area contributed by atoms with Crippen LogP contribution in [0.4, 0.5) is 4.39 Å². The van der Waals surface area contributed by atoms with Crippen LogP contribution in [0.3, 0.4) is 0 Å². The zero-order valence-corrected chi connectivity index (χ0v) is 10.2. The third kappa shape index (κ3) is 3.05. The topological polar surface area (TPSA) is 61.4 Å². The summed E-state index contributed by atoms with van der Waals surface area (Å²) in [5.74, 6) is -0.376. The number of carbonyl (C=O) groups excluding carboxylic acids is 1. The molecule has 18 heavy (non-hydrogen) atoms. The lowest BCUT2D eigenvalue weighted by Crippen LogP contribution is -2.40. The van der Waals surface area contributed by atoms with Gasteiger partial charge in [0.2, 0.25) is 5.91 Å². The molecule has 1 aliphatic heterocycles. The summed E-state index contributed by atoms with van der Waals surface area (Å²) in [4.78, 5) is 11.8. The van der Waals surface area contributed by atoms with Crippen molar-refractivity contribution in [3.63, 3.8) is 0 Å². The number of amides is 1. The highest BCUT2D eigenvalue weighted by atomic mass is 19.1. The third-order valence-corrected chi connectivity index (χ3v) is 3.11. The summed E-state index contributed by atoms with van der Waals surface area (Å²) in [5, 5.41) is 15.0. The van der Waals surface area contributed by atoms with Gasteiger partial charge in [-0.2, -0.15) is 0 Å². The van der Waals surface area contributed by atoms with E-state index in [9.17, 15) is 14.3 Å². The summed E-state index contributed by atoms with van der Waals surface area (Å²) in [6.45, 7) is 2.51. The van der Waals surface area contributed by atoms with Gasteiger partial charge >= 0.3 is 0 Å². The molecule has 1 heterocycles. The second kappa shape index (κ2) is 5.46. The molecule has 1 fully saturated rings. The Hall–Kier alpha value is -1.46. The molecule has 3 N–H and O–H groups in total. The number of halogens is 1. The van der Waals surface area contributed by atoms with Gasteiger partial charge in [0.05, 0.1) is 12.1 Å². The normalized spacial score (nSPS) is 23.1. The summed E-state index contributed by atoms with van der Waals surface area (Å²) >= 11 is 0. The van der Waals surface area contributed by atoms with Crippen LogP contribution in [0.5, 0.6) is 0 Å². The molecule has 0 bridgehead atoms. The van der Waals surface area contributed by atoms with Crippen LogP contribution in [0.1, 0.15) is 17.5 Å². The van der Waals surface area contributed by atoms with E-state index in [1.165, 1.54) is 6.07 Å². The van der Waals surface area contributed by atoms with E-state index in [4.69, 9.17) is 0 Å². The number of hydrogen-bond acceptors (Lipinski definition) is 3. The maximum atomic E-state index is 13.1. The van der Waals surface area contributed by atoms with E-state index in [2.05, 4.69) is 10.6 Å². The second-order valence-corrected chi connectivity index (χ2v) is 4.65. The van der Waals surface area contributed by atoms with Crippen molar-refractivity contribution >= 4 is 5.91 Å². The summed E-state index contributed by atoms with van der Waals surface area (Å²) in [6, 6.07) is 4.43. The van der Waals surface area contributed by atoms with Crippen molar-refractivity contribution in [3.8, 4) is 0 Å². The molecule has 0 unspecified atom stereocenters. The van der Waals surface area contributed by atoms with Gasteiger partial charge in [-0.25, -0.2) is 4.39 Å². The van der Waals surface area contributed by atoms with Crippen molar-refractivity contribution in [2.45, 2.75) is 32.0 Å². The molecule has 1 aromatic carbocycles. The summed E-state index contributed by atoms with van der Waals surface area (Å²) in [7, 11) is 0. The van der Waals surface area contributed by atoms with Crippen LogP contribution in [0.25, 0.3) is 0 Å². The lowest BCUT2D eigenvalue weighted by atomic mass is 10.1. The van der Waals surface area contributed by atoms with Crippen LogP contribution in [0.15, 0.2) is 18.2 Å². The lowest BCUT2D eigenvalue weighted by molar-refractivity contribution is -0.123. The van der Waals surface area contributed by atoms with Gasteiger partial charge in [-0.3, -0.25) is 4.79 Å². The zero-order valence-electron chi connectivity index (χ0n) is 10.2. The van der Waals surface area contributed by atoms with Crippen LogP contribution in [-0.4, -0.2) is 29.7 Å². The quantitative estimate of drug-likeness (QED) is 0.733. The number of hydrogen-bond donors (Lipinski definition) is 3. The Balaban J connectivity index is 1.87. The van der Waals surface area contributed by atoms with Crippen molar-refractivity contribution in [3.05, 3.63) is 35.1 Å². The molecule has 5 heteroatoms. The molecular formula is C13H17FN2O2. The molecule has 0 aliphatic carbocycles. The molecule has 1 aromatic rings. The molecule has 98 valence electrons. The van der Waals surface area contributed by atoms with E-state index in [-0.39, 0.29) is 17.8 Å². The number of aryl methyl sites for hydroxylation is 1. The van der Waals surface area contributed by atoms with Crippen LogP contribution in [-0.2, 0) is 11.3 Å². The fourth-order valence-corrected chi connectivity index (χ4v) is 2.05. The maximum Gasteiger partial charge on any atom is 0.237 e. The number of β-amino-alcohol motifs (C(OH)–C–C–N with tert-alkyl or cyclic N) is 1. The Morgan fingerprint density at radius 2 is 2.39 bits per heavy atom. The highest BCUT2D eigenvalue weighted by Gasteiger charge is 2.27. The van der Waals surface area contributed by atoms with E-state index in [0.29, 0.717) is 25.1 Å². The molecule has 0 radical (unpaired) electrons. The van der Waals surface area contributed by atoms with Gasteiger partial charge in [-0.05, 0) is 30.5 Å². The van der Waals surface area contributed by atoms with E-state index >= 15 is 0 Å². The molecule has 2 rings (SSSR count). The SMILES string of the molecule is Cc1cc(CNC(=O)[C@@H]2C[C@H](O)CN2)ccc1F. The average molecular weight is 252 g/mol. The monoisotopic (exact) mass is 252 g/mol. The van der Waals surface area contributed by atoms with Crippen LogP contribution in [0, 0.1) is 12.7 Å². The number of aliphatic hydroxyl groups is 1. The number of aliphatic hydroxyl groups excluding tert-OH is 1. The Morgan fingerprint density at radius 3 is 3.00 bits per heavy atom. The highest BCUT2D eigenvalue weighted by Crippen LogP contribution is 2.10. The van der Waals surface area contributed by atoms with Gasteiger partial charge in [0.25, 0.3) is 0 Å². The molecule has 0 saturated carbocycles. The fourth-order valence-electron chi connectivity index (χ4n) is 2.05. The first-order chi connectivity index (χ1) is 8.56. The molecular weight excluding hydrogens is 235 g/mol. The van der Waals surface area contributed by atoms with Gasteiger partial charge in [-0.1, -0.05) is 12.1 Å². The predicted octanol–water partition coefficient (Wildman–Crippen LogP) is 0.473. The Morgan fingerprint density at radius 1 is 1.61 bits per heavy atom. The first-order valence-corrected chi connectivity index (χ1v) is 6.00. The molecule has 1 amide bonds. The van der Waals surface area contributed by atoms with Crippen molar-refractivity contribution in [2.75, 3.05) is 6.54 Å². The van der Waals surface area contributed by atoms with E-state index < -0.39 is 6.10 Å². The van der Waals surface area contributed by atoms with E-state index in [1.807, 2.05) is 0 Å². The fraction of sp³-hybridized carbons (Fsp3) is 0.462. The van der Waals surface area contributed by atoms with Gasteiger partial charge in [0.1, 0.15) is 5.82 Å². The standard InChI is InChI=1S/C13H17FN2O2/c1-8-4-9(2-3-11(8)14)6-16-13(18)12-5-10(17)7-15-12/h2-4,10,12,15,17H,5-7H2,1H3,(H,16,18)/t10-,12-/m0/s1. The van der Waals surface area contributed by atoms with Gasteiger partial charge in [-0.15, -0.1) is 0 Å². The van der Waals surface area contributed by atoms with Gasteiger partial charge in [0.15, 0.2) is 0 Å². The smallest absolute Gasteiger partial charge is 0.237 e. The second-order valence-electron chi connectivity index (χ2n) is 4.65. The van der Waals surface area contributed by atoms with E-state index in [1.54, 1.807) is 19.1 Å². The Kier molecular flexibility index (Phi) is 3.93. The first-order valence-electron chi connectivity index (χ1n) is 6.00. The van der Waals surface area contributed by atoms with Crippen molar-refractivity contribution < 1.29 is 14.3 Å². The Labute approximate surface area is 105 Å². The van der Waals surface area contributed by atoms with Crippen LogP contribution in [0.2, 0.25) is 0 Å². The first kappa shape index (κ1) is 13.0. The third-order valence-electron chi connectivity index (χ3n) is 3.11. The number of nitrogens with one attached hydrogen (secondary N) is 2. The van der Waals surface area contributed by atoms with Crippen LogP contribution >= 0.6 is 0 Å². The number of rotatable bonds is 3. The van der Waals surface area contributed by atoms with Crippen LogP contribution < -0.4 is 10.6 Å². The zero-order chi connectivity index (χ0) is 13.1. The lowest BCUT2D eigenvalue weighted by Gasteiger charge is -2.11. The molecule has 2 atom stereocenters. The summed E-state index contributed by atoms with van der Waals surface area (Å²) < 4.78 is 13.1. The van der Waals surface area contributed by atoms with Crippen molar-refractivity contribution in [1.82, 2.24) is 10.6 Å². The summed E-state index contributed by atoms with van der Waals surface area (Å²) in [5.41, 5.74) is 1.43. The predicted molar refractivity (Wildman–Crippen MR) is 65.4 cm³/mol. The molecule has 0 spiro atoms. The minimum atomic E-state index is -0.450. The number of benzene rings is 1. The number of carbonyl (C=O) groups is 1. The highest BCUT2D eigenvalue weighted by molar-refractivity contribution is 5.82. The van der Waals surface area contributed by atoms with Crippen molar-refractivity contribution in [2.24, 2.45) is 0 Å². The Bertz CT molecular complexity index is 451. The maximum absolute atomic E-state index is 13.1. The van der Waals surface area contributed by atoms with Crippen molar-refractivity contribution in [1.29, 1.82) is 0 Å². The molecule has 0 aromatic heterocycles. The van der Waals surface area contributed by atoms with Gasteiger partial charge in [0, 0.05) is 13.1 Å². The summed E-state index contributed by atoms with van der Waals surface area (Å²) in [6.07, 6.45) is -0.0114. The largest absolute Gasteiger partial charge is 0.392 e. The average Bonchev–Trinajstić information content (AvgIpc) is 2.77. The molecule has 4 nitrogen and oxygen atoms in total. The molecule has 1 aliphatic rings. The minimum Gasteiger partial charge on any atom is -0.392 e. The van der Waals surface area contributed by atoms with E-state index in [0.717, 1.165) is 5.56 Å². The minimum absolute atomic E-state index is 0.131. The molecule has 1 saturated heterocycles.